The van der Waals surface area contributed by atoms with Gasteiger partial charge in [0.25, 0.3) is 0 Å². The predicted molar refractivity (Wildman–Crippen MR) is 60.1 cm³/mol. The van der Waals surface area contributed by atoms with Gasteiger partial charge < -0.3 is 5.32 Å². The molecule has 2 atom stereocenters. The fourth-order valence-corrected chi connectivity index (χ4v) is 2.47. The van der Waals surface area contributed by atoms with E-state index in [1.54, 1.807) is 5.51 Å². The highest BCUT2D eigenvalue weighted by atomic mass is 32.1. The van der Waals surface area contributed by atoms with Crippen molar-refractivity contribution in [1.82, 2.24) is 10.2 Å². The molecule has 0 aliphatic heterocycles. The molecule has 86 valence electrons. The van der Waals surface area contributed by atoms with Crippen LogP contribution in [0.3, 0.4) is 0 Å². The smallest absolute Gasteiger partial charge is 0.229 e. The Morgan fingerprint density at radius 2 is 2.44 bits per heavy atom. The summed E-state index contributed by atoms with van der Waals surface area (Å²) in [4.78, 5) is 23.1. The minimum absolute atomic E-state index is 0.0447. The number of Topliss-reactive ketones (excluding diaryl/α,β-unsaturated/α-hetero) is 1. The molecule has 16 heavy (non-hydrogen) atoms. The van der Waals surface area contributed by atoms with Gasteiger partial charge in [-0.3, -0.25) is 9.59 Å². The Morgan fingerprint density at radius 3 is 3.06 bits per heavy atom. The van der Waals surface area contributed by atoms with Crippen molar-refractivity contribution in [3.63, 3.8) is 0 Å². The Balaban J connectivity index is 1.97. The number of aromatic nitrogens is 2. The average Bonchev–Trinajstić information content (AvgIpc) is 2.70. The molecule has 0 bridgehead atoms. The zero-order valence-corrected chi connectivity index (χ0v) is 9.79. The van der Waals surface area contributed by atoms with Crippen LogP contribution in [0, 0.1) is 11.8 Å². The normalized spacial score (nSPS) is 25.4. The average molecular weight is 239 g/mol. The van der Waals surface area contributed by atoms with E-state index in [0.717, 1.165) is 0 Å². The summed E-state index contributed by atoms with van der Waals surface area (Å²) < 4.78 is 0. The molecule has 2 unspecified atom stereocenters. The summed E-state index contributed by atoms with van der Waals surface area (Å²) in [7, 11) is 0. The molecule has 1 aliphatic rings. The van der Waals surface area contributed by atoms with Gasteiger partial charge in [0.2, 0.25) is 11.0 Å². The van der Waals surface area contributed by atoms with Crippen LogP contribution in [0.15, 0.2) is 5.51 Å². The summed E-state index contributed by atoms with van der Waals surface area (Å²) in [5.74, 6) is 0.250. The Labute approximate surface area is 97.3 Å². The molecule has 0 radical (unpaired) electrons. The van der Waals surface area contributed by atoms with Gasteiger partial charge in [-0.2, -0.15) is 0 Å². The van der Waals surface area contributed by atoms with E-state index in [-0.39, 0.29) is 23.5 Å². The monoisotopic (exact) mass is 239 g/mol. The van der Waals surface area contributed by atoms with Gasteiger partial charge in [0.05, 0.1) is 0 Å². The zero-order chi connectivity index (χ0) is 11.5. The van der Waals surface area contributed by atoms with Gasteiger partial charge in [0.15, 0.2) is 0 Å². The number of hydrogen-bond donors (Lipinski definition) is 1. The van der Waals surface area contributed by atoms with E-state index in [4.69, 9.17) is 0 Å². The third-order valence-corrected chi connectivity index (χ3v) is 3.50. The summed E-state index contributed by atoms with van der Waals surface area (Å²) in [6, 6.07) is 0. The standard InChI is InChI=1S/C10H13N3O2S/c1-6-4-7(14)2-3-8(6)9(15)12-10-13-11-5-16-10/h5-6,8H,2-4H2,1H3,(H,12,13,15). The third-order valence-electron chi connectivity index (χ3n) is 2.90. The SMILES string of the molecule is CC1CC(=O)CCC1C(=O)Nc1nncs1. The predicted octanol–water partition coefficient (Wildman–Crippen LogP) is 1.48. The molecule has 0 aromatic carbocycles. The van der Waals surface area contributed by atoms with Crippen molar-refractivity contribution < 1.29 is 9.59 Å². The van der Waals surface area contributed by atoms with E-state index < -0.39 is 0 Å². The molecular formula is C10H13N3O2S. The van der Waals surface area contributed by atoms with Crippen molar-refractivity contribution >= 4 is 28.2 Å². The van der Waals surface area contributed by atoms with Crippen LogP contribution in [0.25, 0.3) is 0 Å². The first-order chi connectivity index (χ1) is 7.66. The minimum Gasteiger partial charge on any atom is -0.300 e. The highest BCUT2D eigenvalue weighted by molar-refractivity contribution is 7.13. The van der Waals surface area contributed by atoms with Crippen molar-refractivity contribution in [2.45, 2.75) is 26.2 Å². The molecule has 0 saturated heterocycles. The maximum atomic E-state index is 11.9. The second kappa shape index (κ2) is 4.69. The van der Waals surface area contributed by atoms with Gasteiger partial charge in [0.1, 0.15) is 11.3 Å². The molecule has 5 nitrogen and oxygen atoms in total. The quantitative estimate of drug-likeness (QED) is 0.848. The number of anilines is 1. The molecule has 1 amide bonds. The number of nitrogens with one attached hydrogen (secondary N) is 1. The summed E-state index contributed by atoms with van der Waals surface area (Å²) in [5.41, 5.74) is 1.57. The summed E-state index contributed by atoms with van der Waals surface area (Å²) in [5, 5.41) is 10.7. The van der Waals surface area contributed by atoms with Crippen molar-refractivity contribution in [1.29, 1.82) is 0 Å². The van der Waals surface area contributed by atoms with Crippen LogP contribution in [-0.2, 0) is 9.59 Å². The lowest BCUT2D eigenvalue weighted by Crippen LogP contribution is -2.33. The first-order valence-corrected chi connectivity index (χ1v) is 6.13. The van der Waals surface area contributed by atoms with Crippen LogP contribution in [-0.4, -0.2) is 21.9 Å². The number of rotatable bonds is 2. The lowest BCUT2D eigenvalue weighted by Gasteiger charge is -2.26. The Hall–Kier alpha value is -1.30. The molecule has 0 spiro atoms. The largest absolute Gasteiger partial charge is 0.300 e. The Bertz CT molecular complexity index is 391. The van der Waals surface area contributed by atoms with Crippen molar-refractivity contribution in [3.05, 3.63) is 5.51 Å². The zero-order valence-electron chi connectivity index (χ0n) is 8.97. The number of carbonyl (C=O) groups is 2. The lowest BCUT2D eigenvalue weighted by atomic mass is 9.79. The van der Waals surface area contributed by atoms with Crippen molar-refractivity contribution in [3.8, 4) is 0 Å². The Kier molecular flexibility index (Phi) is 3.28. The maximum Gasteiger partial charge on any atom is 0.229 e. The van der Waals surface area contributed by atoms with Gasteiger partial charge >= 0.3 is 0 Å². The van der Waals surface area contributed by atoms with Crippen LogP contribution in [0.1, 0.15) is 26.2 Å². The molecular weight excluding hydrogens is 226 g/mol. The minimum atomic E-state index is -0.0819. The Morgan fingerprint density at radius 1 is 1.62 bits per heavy atom. The van der Waals surface area contributed by atoms with E-state index >= 15 is 0 Å². The molecule has 1 aromatic heterocycles. The molecule has 1 aliphatic carbocycles. The van der Waals surface area contributed by atoms with E-state index in [9.17, 15) is 9.59 Å². The van der Waals surface area contributed by atoms with Crippen molar-refractivity contribution in [2.24, 2.45) is 11.8 Å². The first kappa shape index (κ1) is 11.2. The lowest BCUT2D eigenvalue weighted by molar-refractivity contribution is -0.127. The summed E-state index contributed by atoms with van der Waals surface area (Å²) in [6.45, 7) is 1.95. The molecule has 1 N–H and O–H groups in total. The molecule has 1 heterocycles. The first-order valence-electron chi connectivity index (χ1n) is 5.25. The number of ketones is 1. The maximum absolute atomic E-state index is 11.9. The third kappa shape index (κ3) is 2.44. The topological polar surface area (TPSA) is 72.0 Å². The van der Waals surface area contributed by atoms with Gasteiger partial charge in [-0.25, -0.2) is 0 Å². The van der Waals surface area contributed by atoms with Crippen molar-refractivity contribution in [2.75, 3.05) is 5.32 Å². The second-order valence-electron chi connectivity index (χ2n) is 4.10. The van der Waals surface area contributed by atoms with E-state index in [2.05, 4.69) is 15.5 Å². The second-order valence-corrected chi connectivity index (χ2v) is 4.93. The number of carbonyl (C=O) groups excluding carboxylic acids is 2. The van der Waals surface area contributed by atoms with Crippen LogP contribution < -0.4 is 5.32 Å². The van der Waals surface area contributed by atoms with E-state index in [0.29, 0.717) is 24.4 Å². The fourth-order valence-electron chi connectivity index (χ4n) is 2.02. The number of nitrogens with zero attached hydrogens (tertiary/aromatic N) is 2. The van der Waals surface area contributed by atoms with E-state index in [1.807, 2.05) is 6.92 Å². The molecule has 1 fully saturated rings. The van der Waals surface area contributed by atoms with E-state index in [1.165, 1.54) is 11.3 Å². The fraction of sp³-hybridized carbons (Fsp3) is 0.600. The molecule has 2 rings (SSSR count). The number of amides is 1. The summed E-state index contributed by atoms with van der Waals surface area (Å²) in [6.07, 6.45) is 1.66. The van der Waals surface area contributed by atoms with Gasteiger partial charge in [-0.15, -0.1) is 10.2 Å². The van der Waals surface area contributed by atoms with Gasteiger partial charge in [0, 0.05) is 18.8 Å². The highest BCUT2D eigenvalue weighted by Gasteiger charge is 2.31. The van der Waals surface area contributed by atoms with Gasteiger partial charge in [-0.05, 0) is 12.3 Å². The van der Waals surface area contributed by atoms with Crippen LogP contribution >= 0.6 is 11.3 Å². The summed E-state index contributed by atoms with van der Waals surface area (Å²) >= 11 is 1.30. The van der Waals surface area contributed by atoms with Crippen LogP contribution in [0.2, 0.25) is 0 Å². The van der Waals surface area contributed by atoms with Gasteiger partial charge in [-0.1, -0.05) is 18.3 Å². The molecule has 1 aromatic rings. The molecule has 6 heteroatoms. The van der Waals surface area contributed by atoms with Crippen LogP contribution in [0.5, 0.6) is 0 Å². The van der Waals surface area contributed by atoms with Crippen LogP contribution in [0.4, 0.5) is 5.13 Å². The number of hydrogen-bond acceptors (Lipinski definition) is 5. The molecule has 1 saturated carbocycles. The highest BCUT2D eigenvalue weighted by Crippen LogP contribution is 2.28.